The molecule has 0 aliphatic carbocycles. The second kappa shape index (κ2) is 8.78. The van der Waals surface area contributed by atoms with Gasteiger partial charge in [-0.1, -0.05) is 30.3 Å². The van der Waals surface area contributed by atoms with E-state index >= 15 is 0 Å². The Morgan fingerprint density at radius 2 is 1.66 bits per heavy atom. The smallest absolute Gasteiger partial charge is 0.272 e. The fraction of sp³-hybridized carbons (Fsp3) is 0.280. The minimum absolute atomic E-state index is 0.0327. The summed E-state index contributed by atoms with van der Waals surface area (Å²) >= 11 is 0. The van der Waals surface area contributed by atoms with E-state index in [1.807, 2.05) is 51.1 Å². The number of benzene rings is 2. The molecule has 0 saturated heterocycles. The normalized spacial score (nSPS) is 16.2. The zero-order chi connectivity index (χ0) is 22.7. The van der Waals surface area contributed by atoms with Gasteiger partial charge in [0.1, 0.15) is 12.4 Å². The third-order valence-corrected chi connectivity index (χ3v) is 4.87. The van der Waals surface area contributed by atoms with Crippen LogP contribution in [0, 0.1) is 0 Å². The van der Waals surface area contributed by atoms with Crippen LogP contribution in [0.3, 0.4) is 0 Å². The molecule has 1 aromatic heterocycles. The lowest BCUT2D eigenvalue weighted by Gasteiger charge is -2.35. The van der Waals surface area contributed by atoms with E-state index in [1.54, 1.807) is 36.4 Å². The van der Waals surface area contributed by atoms with Gasteiger partial charge in [-0.3, -0.25) is 14.5 Å². The quantitative estimate of drug-likeness (QED) is 0.654. The van der Waals surface area contributed by atoms with Gasteiger partial charge in [0.2, 0.25) is 6.10 Å². The summed E-state index contributed by atoms with van der Waals surface area (Å²) in [6, 6.07) is 18.5. The lowest BCUT2D eigenvalue weighted by Crippen LogP contribution is -2.53. The molecular weight excluding hydrogens is 408 g/mol. The van der Waals surface area contributed by atoms with Crippen molar-refractivity contribution in [1.29, 1.82) is 0 Å². The highest BCUT2D eigenvalue weighted by Gasteiger charge is 2.41. The predicted octanol–water partition coefficient (Wildman–Crippen LogP) is 4.11. The van der Waals surface area contributed by atoms with Gasteiger partial charge < -0.3 is 19.2 Å². The van der Waals surface area contributed by atoms with Gasteiger partial charge in [-0.25, -0.2) is 0 Å². The number of furan rings is 1. The summed E-state index contributed by atoms with van der Waals surface area (Å²) in [5, 5.41) is 2.97. The molecule has 32 heavy (non-hydrogen) atoms. The fourth-order valence-corrected chi connectivity index (χ4v) is 3.55. The van der Waals surface area contributed by atoms with Gasteiger partial charge in [-0.05, 0) is 57.2 Å². The van der Waals surface area contributed by atoms with Gasteiger partial charge in [0.25, 0.3) is 11.8 Å². The van der Waals surface area contributed by atoms with Crippen molar-refractivity contribution < 1.29 is 23.5 Å². The Morgan fingerprint density at radius 1 is 0.969 bits per heavy atom. The second-order valence-electron chi connectivity index (χ2n) is 8.57. The molecular formula is C25H26N2O5. The summed E-state index contributed by atoms with van der Waals surface area (Å²) in [4.78, 5) is 28.7. The van der Waals surface area contributed by atoms with E-state index in [-0.39, 0.29) is 12.5 Å². The van der Waals surface area contributed by atoms with Crippen molar-refractivity contribution in [2.45, 2.75) is 38.5 Å². The van der Waals surface area contributed by atoms with E-state index in [0.717, 1.165) is 0 Å². The first-order valence-corrected chi connectivity index (χ1v) is 10.5. The number of nitrogens with one attached hydrogen (secondary N) is 1. The molecule has 2 amide bonds. The van der Waals surface area contributed by atoms with E-state index in [0.29, 0.717) is 22.9 Å². The molecule has 7 heteroatoms. The molecule has 4 rings (SSSR count). The van der Waals surface area contributed by atoms with Crippen LogP contribution in [0.4, 0.5) is 5.69 Å². The number of rotatable bonds is 5. The number of fused-ring (bicyclic) bond motifs is 1. The third-order valence-electron chi connectivity index (χ3n) is 4.87. The molecule has 0 radical (unpaired) electrons. The van der Waals surface area contributed by atoms with Crippen LogP contribution in [-0.2, 0) is 9.59 Å². The minimum atomic E-state index is -1.03. The molecule has 3 aromatic rings. The monoisotopic (exact) mass is 434 g/mol. The molecule has 1 aliphatic rings. The Labute approximate surface area is 186 Å². The predicted molar refractivity (Wildman–Crippen MR) is 120 cm³/mol. The van der Waals surface area contributed by atoms with Crippen molar-refractivity contribution in [1.82, 2.24) is 5.32 Å². The number of nitrogens with zero attached hydrogens (tertiary/aromatic N) is 1. The number of hydrogen-bond donors (Lipinski definition) is 1. The maximum absolute atomic E-state index is 13.8. The van der Waals surface area contributed by atoms with Crippen molar-refractivity contribution in [2.24, 2.45) is 0 Å². The van der Waals surface area contributed by atoms with Gasteiger partial charge in [0, 0.05) is 11.2 Å². The first-order valence-electron chi connectivity index (χ1n) is 10.5. The van der Waals surface area contributed by atoms with Crippen LogP contribution in [0.2, 0.25) is 0 Å². The summed E-state index contributed by atoms with van der Waals surface area (Å²) < 4.78 is 17.3. The van der Waals surface area contributed by atoms with Crippen LogP contribution in [0.25, 0.3) is 0 Å². The molecule has 7 nitrogen and oxygen atoms in total. The topological polar surface area (TPSA) is 81.0 Å². The molecule has 0 bridgehead atoms. The summed E-state index contributed by atoms with van der Waals surface area (Å²) in [6.07, 6.45) is 0.557. The summed E-state index contributed by atoms with van der Waals surface area (Å²) in [7, 11) is 0. The van der Waals surface area contributed by atoms with E-state index in [9.17, 15) is 9.59 Å². The summed E-state index contributed by atoms with van der Waals surface area (Å²) in [6.45, 7) is 5.68. The maximum atomic E-state index is 13.8. The molecule has 1 N–H and O–H groups in total. The Balaban J connectivity index is 1.74. The molecule has 1 aliphatic heterocycles. The van der Waals surface area contributed by atoms with Crippen molar-refractivity contribution in [3.8, 4) is 11.5 Å². The summed E-state index contributed by atoms with van der Waals surface area (Å²) in [5.74, 6) is 0.647. The zero-order valence-corrected chi connectivity index (χ0v) is 18.3. The average molecular weight is 434 g/mol. The number of ether oxygens (including phenoxy) is 2. The van der Waals surface area contributed by atoms with Crippen LogP contribution in [0.5, 0.6) is 11.5 Å². The van der Waals surface area contributed by atoms with E-state index < -0.39 is 23.6 Å². The number of hydrogen-bond acceptors (Lipinski definition) is 5. The Bertz CT molecular complexity index is 1070. The molecule has 166 valence electrons. The van der Waals surface area contributed by atoms with E-state index in [4.69, 9.17) is 13.9 Å². The number of carbonyl (C=O) groups is 2. The molecule has 0 saturated carbocycles. The molecule has 0 fully saturated rings. The van der Waals surface area contributed by atoms with Gasteiger partial charge in [0.15, 0.2) is 17.5 Å². The first kappa shape index (κ1) is 21.5. The van der Waals surface area contributed by atoms with Crippen LogP contribution in [-0.4, -0.2) is 30.1 Å². The Kier molecular flexibility index (Phi) is 5.90. The number of anilines is 1. The van der Waals surface area contributed by atoms with Crippen LogP contribution in [0.1, 0.15) is 32.6 Å². The number of carbonyl (C=O) groups excluding carboxylic acids is 2. The maximum Gasteiger partial charge on any atom is 0.272 e. The molecule has 2 atom stereocenters. The second-order valence-corrected chi connectivity index (χ2v) is 8.57. The highest BCUT2D eigenvalue weighted by molar-refractivity contribution is 6.03. The number of para-hydroxylation sites is 3. The molecule has 0 spiro atoms. The SMILES string of the molecule is CC(C)(C)NC(=O)[C@@H](c1ccco1)N(C(=O)[C@H]1COc2ccccc2O1)c1ccccc1. The van der Waals surface area contributed by atoms with Gasteiger partial charge in [-0.2, -0.15) is 0 Å². The van der Waals surface area contributed by atoms with Crippen molar-refractivity contribution in [2.75, 3.05) is 11.5 Å². The molecule has 2 aromatic carbocycles. The van der Waals surface area contributed by atoms with Gasteiger partial charge in [-0.15, -0.1) is 0 Å². The van der Waals surface area contributed by atoms with E-state index in [1.165, 1.54) is 11.2 Å². The standard InChI is InChI=1S/C25H26N2O5/c1-25(2,3)26-23(28)22(20-14-9-15-30-20)27(17-10-5-4-6-11-17)24(29)21-16-31-18-12-7-8-13-19(18)32-21/h4-15,21-22H,16H2,1-3H3,(H,26,28)/t21-,22-/m1/s1. The Hall–Kier alpha value is -3.74. The van der Waals surface area contributed by atoms with Gasteiger partial charge in [0.05, 0.1) is 6.26 Å². The first-order chi connectivity index (χ1) is 15.3. The lowest BCUT2D eigenvalue weighted by atomic mass is 10.0. The van der Waals surface area contributed by atoms with Crippen molar-refractivity contribution in [3.05, 3.63) is 78.8 Å². The van der Waals surface area contributed by atoms with Crippen LogP contribution < -0.4 is 19.7 Å². The van der Waals surface area contributed by atoms with Crippen LogP contribution in [0.15, 0.2) is 77.4 Å². The average Bonchev–Trinajstić information content (AvgIpc) is 3.30. The zero-order valence-electron chi connectivity index (χ0n) is 18.3. The van der Waals surface area contributed by atoms with E-state index in [2.05, 4.69) is 5.32 Å². The fourth-order valence-electron chi connectivity index (χ4n) is 3.55. The van der Waals surface area contributed by atoms with Crippen molar-refractivity contribution in [3.63, 3.8) is 0 Å². The van der Waals surface area contributed by atoms with Gasteiger partial charge >= 0.3 is 0 Å². The third kappa shape index (κ3) is 4.61. The highest BCUT2D eigenvalue weighted by Crippen LogP contribution is 2.34. The lowest BCUT2D eigenvalue weighted by molar-refractivity contribution is -0.132. The molecule has 2 heterocycles. The minimum Gasteiger partial charge on any atom is -0.485 e. The number of amides is 2. The largest absolute Gasteiger partial charge is 0.485 e. The Morgan fingerprint density at radius 3 is 2.31 bits per heavy atom. The molecule has 0 unspecified atom stereocenters. The van der Waals surface area contributed by atoms with Crippen LogP contribution >= 0.6 is 0 Å². The highest BCUT2D eigenvalue weighted by atomic mass is 16.6. The summed E-state index contributed by atoms with van der Waals surface area (Å²) in [5.41, 5.74) is 0.0434. The van der Waals surface area contributed by atoms with Crippen molar-refractivity contribution >= 4 is 17.5 Å².